The molecule has 52 heavy (non-hydrogen) atoms. The fraction of sp³-hybridized carbons (Fsp3) is 0.286. The van der Waals surface area contributed by atoms with Crippen LogP contribution < -0.4 is 16.4 Å². The first-order valence-corrected chi connectivity index (χ1v) is 19.5. The molecule has 2 unspecified atom stereocenters. The summed E-state index contributed by atoms with van der Waals surface area (Å²) in [5.74, 6) is -0.868. The number of nitriles is 1. The molecule has 7 rings (SSSR count). The number of carbonyl (C=O) groups is 1. The number of aryl methyl sites for hydroxylation is 2. The number of anilines is 2. The second kappa shape index (κ2) is 14.4. The Morgan fingerprint density at radius 1 is 0.962 bits per heavy atom. The van der Waals surface area contributed by atoms with Crippen molar-refractivity contribution >= 4 is 68.7 Å². The number of nitrogens with zero attached hydrogens (tertiary/aromatic N) is 2. The lowest BCUT2D eigenvalue weighted by Crippen LogP contribution is -2.29. The third kappa shape index (κ3) is 6.29. The molecule has 1 saturated carbocycles. The molecule has 0 amide bonds. The van der Waals surface area contributed by atoms with E-state index in [9.17, 15) is 26.0 Å². The maximum atomic E-state index is 11.5. The number of unbranched alkanes of at least 4 members (excludes halogenated alkanes) is 3. The van der Waals surface area contributed by atoms with Gasteiger partial charge in [-0.3, -0.25) is 10.8 Å². The van der Waals surface area contributed by atoms with Crippen LogP contribution in [0, 0.1) is 29.1 Å². The van der Waals surface area contributed by atoms with Crippen LogP contribution in [0.15, 0.2) is 77.6 Å². The molecule has 0 spiro atoms. The molecule has 3 heterocycles. The molecule has 2 aliphatic carbocycles. The number of hydrogen-bond donors (Lipinski definition) is 5. The van der Waals surface area contributed by atoms with Crippen LogP contribution in [0.4, 0.5) is 11.4 Å². The predicted octanol–water partition coefficient (Wildman–Crippen LogP) is 9.78. The van der Waals surface area contributed by atoms with Crippen molar-refractivity contribution in [3.8, 4) is 15.8 Å². The zero-order valence-corrected chi connectivity index (χ0v) is 31.0. The van der Waals surface area contributed by atoms with Gasteiger partial charge in [0.05, 0.1) is 22.8 Å². The van der Waals surface area contributed by atoms with E-state index in [1.54, 1.807) is 6.07 Å². The molecule has 1 fully saturated rings. The Kier molecular flexibility index (Phi) is 9.75. The van der Waals surface area contributed by atoms with Gasteiger partial charge >= 0.3 is 5.97 Å². The number of aliphatic carboxylic acids is 1. The molecule has 3 aliphatic rings. The van der Waals surface area contributed by atoms with Gasteiger partial charge in [-0.1, -0.05) is 56.4 Å². The molecule has 0 bridgehead atoms. The third-order valence-electron chi connectivity index (χ3n) is 10.5. The van der Waals surface area contributed by atoms with Crippen molar-refractivity contribution in [3.63, 3.8) is 0 Å². The van der Waals surface area contributed by atoms with Crippen molar-refractivity contribution in [2.45, 2.75) is 77.2 Å². The molecule has 2 atom stereocenters. The Balaban J connectivity index is 1.27. The van der Waals surface area contributed by atoms with E-state index < -0.39 is 5.97 Å². The summed E-state index contributed by atoms with van der Waals surface area (Å²) in [5.41, 5.74) is 21.9. The summed E-state index contributed by atoms with van der Waals surface area (Å²) in [5, 5.41) is 37.2. The largest absolute Gasteiger partial charge is 0.477 e. The first-order valence-electron chi connectivity index (χ1n) is 17.9. The quantitative estimate of drug-likeness (QED) is 0.0447. The summed E-state index contributed by atoms with van der Waals surface area (Å²) < 4.78 is 0. The highest BCUT2D eigenvalue weighted by Gasteiger charge is 2.42. The van der Waals surface area contributed by atoms with E-state index in [4.69, 9.17) is 11.5 Å². The zero-order chi connectivity index (χ0) is 36.7. The summed E-state index contributed by atoms with van der Waals surface area (Å²) in [6.45, 7) is 4.29. The van der Waals surface area contributed by atoms with Gasteiger partial charge in [-0.15, -0.1) is 22.7 Å². The molecule has 2 aromatic carbocycles. The van der Waals surface area contributed by atoms with Crippen molar-refractivity contribution < 1.29 is 9.90 Å². The molecular formula is C42H42N6O2S2. The van der Waals surface area contributed by atoms with Gasteiger partial charge in [0, 0.05) is 54.0 Å². The average molecular weight is 727 g/mol. The molecule has 10 heteroatoms. The minimum Gasteiger partial charge on any atom is -0.477 e. The predicted molar refractivity (Wildman–Crippen MR) is 215 cm³/mol. The van der Waals surface area contributed by atoms with Crippen LogP contribution in [0.2, 0.25) is 0 Å². The smallest absolute Gasteiger partial charge is 0.346 e. The highest BCUT2D eigenvalue weighted by molar-refractivity contribution is 7.23. The lowest BCUT2D eigenvalue weighted by atomic mass is 9.84. The summed E-state index contributed by atoms with van der Waals surface area (Å²) in [6, 6.07) is 23.1. The molecule has 7 N–H and O–H groups in total. The zero-order valence-electron chi connectivity index (χ0n) is 29.4. The second-order valence-electron chi connectivity index (χ2n) is 13.9. The monoisotopic (exact) mass is 726 g/mol. The second-order valence-corrected chi connectivity index (χ2v) is 16.0. The molecule has 264 valence electrons. The van der Waals surface area contributed by atoms with E-state index in [2.05, 4.69) is 61.2 Å². The number of carboxylic acids is 1. The standard InChI is InChI=1S/C42H42N6O2S2/c1-3-4-5-6-8-25-21-34(52-41(25)33-18-16-28(51-33)19-26(22-43)42(49)50)36-39(46)37(44)35(38(45)40(36)47)24-13-17-32-30(20-24)29-9-7-10-31(29)48(32)27-14-11-23(2)12-15-27/h11-21,29,31,44,46H,3-10,45,47H2,1-2H3,(H,49,50)/b26-19+,44-37?,46-39?. The Morgan fingerprint density at radius 3 is 2.44 bits per heavy atom. The van der Waals surface area contributed by atoms with Crippen molar-refractivity contribution in [3.05, 3.63) is 110 Å². The maximum Gasteiger partial charge on any atom is 0.346 e. The average Bonchev–Trinajstić information content (AvgIpc) is 3.94. The SMILES string of the molecule is CCCCCCc1cc(C2=C(N)C(N)=C(c3ccc4c(c3)C3CCCC3N4c3ccc(C)cc3)C(=N)C2=N)sc1-c1ccc(/C=C(\C#N)C(=O)O)s1. The van der Waals surface area contributed by atoms with E-state index in [0.717, 1.165) is 70.7 Å². The van der Waals surface area contributed by atoms with E-state index >= 15 is 0 Å². The number of nitrogens with one attached hydrogen (secondary N) is 2. The van der Waals surface area contributed by atoms with Gasteiger partial charge in [-0.2, -0.15) is 5.26 Å². The summed E-state index contributed by atoms with van der Waals surface area (Å²) in [4.78, 5) is 17.3. The summed E-state index contributed by atoms with van der Waals surface area (Å²) in [7, 11) is 0. The Bertz CT molecular complexity index is 2250. The fourth-order valence-electron chi connectivity index (χ4n) is 7.92. The van der Waals surface area contributed by atoms with Crippen molar-refractivity contribution in [2.75, 3.05) is 4.90 Å². The molecule has 1 aliphatic heterocycles. The van der Waals surface area contributed by atoms with Gasteiger partial charge in [0.2, 0.25) is 0 Å². The van der Waals surface area contributed by atoms with Crippen LogP contribution in [0.25, 0.3) is 27.0 Å². The molecule has 8 nitrogen and oxygen atoms in total. The van der Waals surface area contributed by atoms with Gasteiger partial charge < -0.3 is 21.5 Å². The number of thiophene rings is 2. The van der Waals surface area contributed by atoms with Crippen LogP contribution in [0.1, 0.15) is 89.8 Å². The van der Waals surface area contributed by atoms with Crippen LogP contribution in [-0.2, 0) is 11.2 Å². The number of allylic oxidation sites excluding steroid dienone is 2. The van der Waals surface area contributed by atoms with Crippen LogP contribution in [0.5, 0.6) is 0 Å². The summed E-state index contributed by atoms with van der Waals surface area (Å²) >= 11 is 2.93. The highest BCUT2D eigenvalue weighted by atomic mass is 32.1. The van der Waals surface area contributed by atoms with Gasteiger partial charge in [-0.25, -0.2) is 4.79 Å². The number of hydrogen-bond acceptors (Lipinski definition) is 9. The Labute approximate surface area is 312 Å². The van der Waals surface area contributed by atoms with Gasteiger partial charge in [0.1, 0.15) is 11.6 Å². The maximum absolute atomic E-state index is 11.5. The number of fused-ring (bicyclic) bond motifs is 3. The van der Waals surface area contributed by atoms with Crippen molar-refractivity contribution in [1.29, 1.82) is 16.1 Å². The lowest BCUT2D eigenvalue weighted by Gasteiger charge is -2.27. The van der Waals surface area contributed by atoms with Gasteiger partial charge in [0.15, 0.2) is 0 Å². The number of rotatable bonds is 11. The van der Waals surface area contributed by atoms with Crippen LogP contribution in [0.3, 0.4) is 0 Å². The van der Waals surface area contributed by atoms with Gasteiger partial charge in [-0.05, 0) is 97.8 Å². The minimum absolute atomic E-state index is 0.0440. The fourth-order valence-corrected chi connectivity index (χ4v) is 10.3. The Morgan fingerprint density at radius 2 is 1.71 bits per heavy atom. The molecule has 4 aromatic rings. The van der Waals surface area contributed by atoms with E-state index in [1.807, 2.05) is 18.2 Å². The molecule has 0 saturated heterocycles. The molecule has 2 aromatic heterocycles. The Hall–Kier alpha value is -5.24. The molecular weight excluding hydrogens is 685 g/mol. The van der Waals surface area contributed by atoms with Crippen molar-refractivity contribution in [1.82, 2.24) is 0 Å². The minimum atomic E-state index is -1.26. The lowest BCUT2D eigenvalue weighted by molar-refractivity contribution is -0.132. The third-order valence-corrected chi connectivity index (χ3v) is 12.9. The van der Waals surface area contributed by atoms with Crippen molar-refractivity contribution in [2.24, 2.45) is 11.5 Å². The van der Waals surface area contributed by atoms with E-state index in [0.29, 0.717) is 39.4 Å². The first kappa shape index (κ1) is 35.2. The number of benzene rings is 2. The van der Waals surface area contributed by atoms with Crippen LogP contribution in [-0.4, -0.2) is 28.5 Å². The van der Waals surface area contributed by atoms with E-state index in [-0.39, 0.29) is 17.0 Å². The van der Waals surface area contributed by atoms with Gasteiger partial charge in [0.25, 0.3) is 0 Å². The number of nitrogens with two attached hydrogens (primary N) is 2. The molecule has 0 radical (unpaired) electrons. The normalized spacial score (nSPS) is 18.6. The van der Waals surface area contributed by atoms with E-state index in [1.165, 1.54) is 57.7 Å². The van der Waals surface area contributed by atoms with Crippen LogP contribution >= 0.6 is 22.7 Å². The first-order chi connectivity index (χ1) is 25.1. The number of carboxylic acid groups (broad SMARTS) is 1. The highest BCUT2D eigenvalue weighted by Crippen LogP contribution is 2.53. The summed E-state index contributed by atoms with van der Waals surface area (Å²) in [6.07, 6.45) is 10.00. The topological polar surface area (TPSA) is 164 Å².